The lowest BCUT2D eigenvalue weighted by molar-refractivity contribution is -0.514. The molecule has 1 unspecified atom stereocenters. The minimum atomic E-state index is -0.866. The van der Waals surface area contributed by atoms with Gasteiger partial charge in [-0.3, -0.25) is 14.9 Å². The molecule has 1 saturated carbocycles. The first-order valence-electron chi connectivity index (χ1n) is 2.38. The van der Waals surface area contributed by atoms with Crippen LogP contribution in [0.4, 0.5) is 0 Å². The Kier molecular flexibility index (Phi) is 2.27. The van der Waals surface area contributed by atoms with E-state index in [1.165, 1.54) is 0 Å². The molecule has 1 aliphatic carbocycles. The fourth-order valence-corrected chi connectivity index (χ4v) is 0.614. The van der Waals surface area contributed by atoms with Crippen LogP contribution in [0.25, 0.3) is 0 Å². The van der Waals surface area contributed by atoms with Crippen LogP contribution >= 0.6 is 0 Å². The predicted molar refractivity (Wildman–Crippen MR) is 31.0 cm³/mol. The first-order chi connectivity index (χ1) is 3.72. The quantitative estimate of drug-likeness (QED) is 0.413. The molecule has 1 aliphatic rings. The largest absolute Gasteiger partial charge is 0.369 e. The number of carbonyl (C=O) groups is 1. The molecule has 1 atom stereocenters. The van der Waals surface area contributed by atoms with Gasteiger partial charge in [-0.15, -0.1) is 0 Å². The standard InChI is InChI=1S/C4H5NO3.H3N/c6-4-2-1-3(4)5(7)8;/h3H,1-2H2;1H3/p+1. The normalized spacial score (nSPS) is 24.0. The molecule has 0 aromatic rings. The zero-order valence-electron chi connectivity index (χ0n) is 5.16. The van der Waals surface area contributed by atoms with Crippen LogP contribution in [-0.2, 0) is 4.79 Å². The van der Waals surface area contributed by atoms with Crippen LogP contribution in [0.5, 0.6) is 0 Å². The van der Waals surface area contributed by atoms with Crippen molar-refractivity contribution in [3.8, 4) is 0 Å². The molecule has 52 valence electrons. The van der Waals surface area contributed by atoms with Crippen molar-refractivity contribution in [1.29, 1.82) is 0 Å². The van der Waals surface area contributed by atoms with Crippen molar-refractivity contribution >= 4 is 5.78 Å². The lowest BCUT2D eigenvalue weighted by atomic mass is 9.92. The molecule has 0 aromatic heterocycles. The fraction of sp³-hybridized carbons (Fsp3) is 0.750. The molecule has 0 aliphatic heterocycles. The summed E-state index contributed by atoms with van der Waals surface area (Å²) in [5.41, 5.74) is 0. The zero-order valence-corrected chi connectivity index (χ0v) is 5.16. The van der Waals surface area contributed by atoms with E-state index in [9.17, 15) is 14.9 Å². The van der Waals surface area contributed by atoms with E-state index >= 15 is 0 Å². The number of Topliss-reactive ketones (excluding diaryl/α,β-unsaturated/α-hetero) is 1. The van der Waals surface area contributed by atoms with Crippen LogP contribution in [-0.4, -0.2) is 16.7 Å². The second-order valence-electron chi connectivity index (χ2n) is 1.81. The van der Waals surface area contributed by atoms with E-state index in [0.29, 0.717) is 12.8 Å². The molecule has 0 amide bonds. The predicted octanol–water partition coefficient (Wildman–Crippen LogP) is 0.371. The number of carbonyl (C=O) groups excluding carboxylic acids is 1. The summed E-state index contributed by atoms with van der Waals surface area (Å²) >= 11 is 0. The monoisotopic (exact) mass is 133 g/mol. The Hall–Kier alpha value is -0.970. The second-order valence-corrected chi connectivity index (χ2v) is 1.81. The Morgan fingerprint density at radius 2 is 2.22 bits per heavy atom. The summed E-state index contributed by atoms with van der Waals surface area (Å²) in [5.74, 6) is -0.227. The highest BCUT2D eigenvalue weighted by Crippen LogP contribution is 2.16. The summed E-state index contributed by atoms with van der Waals surface area (Å²) in [4.78, 5) is 19.5. The van der Waals surface area contributed by atoms with Gasteiger partial charge in [-0.25, -0.2) is 0 Å². The van der Waals surface area contributed by atoms with Gasteiger partial charge in [-0.05, 0) is 0 Å². The molecular weight excluding hydrogens is 124 g/mol. The van der Waals surface area contributed by atoms with Gasteiger partial charge in [0.1, 0.15) is 0 Å². The molecule has 1 rings (SSSR count). The van der Waals surface area contributed by atoms with Crippen molar-refractivity contribution in [3.05, 3.63) is 10.1 Å². The van der Waals surface area contributed by atoms with Gasteiger partial charge >= 0.3 is 0 Å². The third-order valence-corrected chi connectivity index (χ3v) is 1.29. The molecule has 1 fully saturated rings. The van der Waals surface area contributed by atoms with Crippen molar-refractivity contribution in [2.75, 3.05) is 0 Å². The number of hydrogen-bond donors (Lipinski definition) is 1. The van der Waals surface area contributed by atoms with Gasteiger partial charge in [0.25, 0.3) is 6.04 Å². The highest BCUT2D eigenvalue weighted by molar-refractivity contribution is 5.88. The maximum absolute atomic E-state index is 10.2. The molecule has 0 bridgehead atoms. The first-order valence-corrected chi connectivity index (χ1v) is 2.38. The molecule has 0 spiro atoms. The molecule has 4 N–H and O–H groups in total. The Morgan fingerprint density at radius 3 is 2.22 bits per heavy atom. The van der Waals surface area contributed by atoms with E-state index in [2.05, 4.69) is 0 Å². The van der Waals surface area contributed by atoms with Crippen LogP contribution < -0.4 is 6.15 Å². The summed E-state index contributed by atoms with van der Waals surface area (Å²) in [6, 6.07) is -0.866. The van der Waals surface area contributed by atoms with Gasteiger partial charge < -0.3 is 6.15 Å². The van der Waals surface area contributed by atoms with E-state index in [0.717, 1.165) is 0 Å². The van der Waals surface area contributed by atoms with Crippen LogP contribution in [0.15, 0.2) is 0 Å². The number of quaternary nitrogens is 1. The van der Waals surface area contributed by atoms with Crippen molar-refractivity contribution in [1.82, 2.24) is 6.15 Å². The Morgan fingerprint density at radius 1 is 1.67 bits per heavy atom. The van der Waals surface area contributed by atoms with Gasteiger partial charge in [0.05, 0.1) is 0 Å². The van der Waals surface area contributed by atoms with E-state index in [1.54, 1.807) is 0 Å². The van der Waals surface area contributed by atoms with Gasteiger partial charge in [0.15, 0.2) is 0 Å². The maximum Gasteiger partial charge on any atom is 0.270 e. The lowest BCUT2D eigenvalue weighted by Crippen LogP contribution is -2.38. The van der Waals surface area contributed by atoms with E-state index in [-0.39, 0.29) is 11.9 Å². The molecule has 9 heavy (non-hydrogen) atoms. The molecule has 0 radical (unpaired) electrons. The van der Waals surface area contributed by atoms with Gasteiger partial charge in [-0.2, -0.15) is 0 Å². The van der Waals surface area contributed by atoms with Crippen LogP contribution in [0.3, 0.4) is 0 Å². The second kappa shape index (κ2) is 2.54. The maximum atomic E-state index is 10.2. The van der Waals surface area contributed by atoms with Crippen LogP contribution in [0.1, 0.15) is 12.8 Å². The van der Waals surface area contributed by atoms with Gasteiger partial charge in [0.2, 0.25) is 5.78 Å². The van der Waals surface area contributed by atoms with Crippen molar-refractivity contribution < 1.29 is 9.72 Å². The van der Waals surface area contributed by atoms with Crippen molar-refractivity contribution in [2.24, 2.45) is 0 Å². The molecule has 5 heteroatoms. The Labute approximate surface area is 51.8 Å². The highest BCUT2D eigenvalue weighted by atomic mass is 16.6. The van der Waals surface area contributed by atoms with Gasteiger partial charge in [0, 0.05) is 17.8 Å². The molecule has 5 nitrogen and oxygen atoms in total. The van der Waals surface area contributed by atoms with E-state index in [4.69, 9.17) is 0 Å². The van der Waals surface area contributed by atoms with Crippen molar-refractivity contribution in [2.45, 2.75) is 18.9 Å². The number of nitrogens with zero attached hydrogens (tertiary/aromatic N) is 1. The smallest absolute Gasteiger partial charge is 0.270 e. The summed E-state index contributed by atoms with van der Waals surface area (Å²) in [6.07, 6.45) is 0.831. The average molecular weight is 133 g/mol. The van der Waals surface area contributed by atoms with E-state index in [1.807, 2.05) is 0 Å². The third-order valence-electron chi connectivity index (χ3n) is 1.29. The van der Waals surface area contributed by atoms with Crippen molar-refractivity contribution in [3.63, 3.8) is 0 Å². The minimum Gasteiger partial charge on any atom is -0.369 e. The van der Waals surface area contributed by atoms with E-state index < -0.39 is 11.0 Å². The average Bonchev–Trinajstić information content (AvgIpc) is 1.61. The number of ketones is 1. The summed E-state index contributed by atoms with van der Waals surface area (Å²) in [7, 11) is 0. The summed E-state index contributed by atoms with van der Waals surface area (Å²) in [6.45, 7) is 0. The molecule has 0 aromatic carbocycles. The van der Waals surface area contributed by atoms with Crippen LogP contribution in [0, 0.1) is 10.1 Å². The fourth-order valence-electron chi connectivity index (χ4n) is 0.614. The summed E-state index contributed by atoms with van der Waals surface area (Å²) < 4.78 is 0. The Bertz CT molecular complexity index is 137. The number of rotatable bonds is 1. The summed E-state index contributed by atoms with van der Waals surface area (Å²) in [5, 5.41) is 9.78. The molecular formula is C4H9N2O3+. The number of nitro groups is 1. The Balaban J connectivity index is 0.000000640. The van der Waals surface area contributed by atoms with Crippen LogP contribution in [0.2, 0.25) is 0 Å². The lowest BCUT2D eigenvalue weighted by Gasteiger charge is -2.14. The number of hydrogen-bond acceptors (Lipinski definition) is 3. The molecule has 0 heterocycles. The minimum absolute atomic E-state index is 0. The first kappa shape index (κ1) is 8.03. The van der Waals surface area contributed by atoms with Gasteiger partial charge in [-0.1, -0.05) is 0 Å². The third kappa shape index (κ3) is 1.23. The zero-order chi connectivity index (χ0) is 6.15. The highest BCUT2D eigenvalue weighted by Gasteiger charge is 2.38. The SMILES string of the molecule is O=C1CCC1[N+](=O)[O-].[NH4+]. The molecule has 0 saturated heterocycles. The topological polar surface area (TPSA) is 96.7 Å².